The smallest absolute Gasteiger partial charge is 0.193 e. The van der Waals surface area contributed by atoms with E-state index in [2.05, 4.69) is 71.2 Å². The van der Waals surface area contributed by atoms with Crippen molar-refractivity contribution in [1.29, 1.82) is 0 Å². The van der Waals surface area contributed by atoms with Gasteiger partial charge in [-0.3, -0.25) is 4.99 Å². The fraction of sp³-hybridized carbons (Fsp3) is 0.650. The molecule has 2 aliphatic rings. The Morgan fingerprint density at radius 1 is 1.40 bits per heavy atom. The van der Waals surface area contributed by atoms with Gasteiger partial charge in [0.05, 0.1) is 13.2 Å². The van der Waals surface area contributed by atoms with E-state index in [0.29, 0.717) is 5.41 Å². The second-order valence-corrected chi connectivity index (χ2v) is 8.95. The van der Waals surface area contributed by atoms with E-state index in [1.165, 1.54) is 18.4 Å². The second-order valence-electron chi connectivity index (χ2n) is 8.04. The molecule has 1 aromatic carbocycles. The van der Waals surface area contributed by atoms with Crippen molar-refractivity contribution in [2.45, 2.75) is 39.0 Å². The molecule has 1 atom stereocenters. The maximum atomic E-state index is 5.66. The lowest BCUT2D eigenvalue weighted by molar-refractivity contribution is 0.156. The summed E-state index contributed by atoms with van der Waals surface area (Å²) in [7, 11) is 0. The zero-order chi connectivity index (χ0) is 17.9. The maximum Gasteiger partial charge on any atom is 0.193 e. The average Bonchev–Trinajstić information content (AvgIpc) is 3.22. The number of likely N-dealkylation sites (tertiary alicyclic amines) is 1. The molecule has 3 rings (SSSR count). The van der Waals surface area contributed by atoms with Crippen molar-refractivity contribution in [3.63, 3.8) is 0 Å². The van der Waals surface area contributed by atoms with Crippen LogP contribution in [0.5, 0.6) is 0 Å². The number of benzene rings is 1. The second kappa shape index (κ2) is 7.67. The Balaban J connectivity index is 1.72. The molecular formula is C20H30BrN3O. The lowest BCUT2D eigenvalue weighted by atomic mass is 9.85. The monoisotopic (exact) mass is 407 g/mol. The van der Waals surface area contributed by atoms with Gasteiger partial charge in [-0.2, -0.15) is 0 Å². The Labute approximate surface area is 160 Å². The van der Waals surface area contributed by atoms with Gasteiger partial charge in [0.15, 0.2) is 5.96 Å². The molecule has 1 aromatic rings. The first-order chi connectivity index (χ1) is 11.9. The number of guanidine groups is 1. The summed E-state index contributed by atoms with van der Waals surface area (Å²) >= 11 is 3.58. The minimum Gasteiger partial charge on any atom is -0.381 e. The summed E-state index contributed by atoms with van der Waals surface area (Å²) in [5.74, 6) is 1.05. The number of aliphatic imine (C=N–C) groups is 1. The summed E-state index contributed by atoms with van der Waals surface area (Å²) in [6.07, 6.45) is 2.40. The third-order valence-corrected chi connectivity index (χ3v) is 5.98. The van der Waals surface area contributed by atoms with Gasteiger partial charge in [-0.15, -0.1) is 0 Å². The average molecular weight is 408 g/mol. The number of nitrogens with zero attached hydrogens (tertiary/aromatic N) is 2. The molecule has 0 aliphatic carbocycles. The summed E-state index contributed by atoms with van der Waals surface area (Å²) in [5, 5.41) is 3.49. The van der Waals surface area contributed by atoms with Gasteiger partial charge in [0, 0.05) is 41.5 Å². The first kappa shape index (κ1) is 18.7. The van der Waals surface area contributed by atoms with Gasteiger partial charge in [-0.25, -0.2) is 0 Å². The highest BCUT2D eigenvalue weighted by Crippen LogP contribution is 2.38. The van der Waals surface area contributed by atoms with Crippen molar-refractivity contribution in [3.8, 4) is 0 Å². The molecule has 0 bridgehead atoms. The van der Waals surface area contributed by atoms with Crippen LogP contribution in [0, 0.1) is 5.41 Å². The molecule has 4 nitrogen and oxygen atoms in total. The van der Waals surface area contributed by atoms with E-state index < -0.39 is 0 Å². The Morgan fingerprint density at radius 3 is 2.92 bits per heavy atom. The summed E-state index contributed by atoms with van der Waals surface area (Å²) < 4.78 is 6.78. The predicted molar refractivity (Wildman–Crippen MR) is 107 cm³/mol. The van der Waals surface area contributed by atoms with Gasteiger partial charge in [0.25, 0.3) is 0 Å². The van der Waals surface area contributed by atoms with Crippen LogP contribution in [0.1, 0.15) is 39.2 Å². The summed E-state index contributed by atoms with van der Waals surface area (Å²) in [4.78, 5) is 7.43. The van der Waals surface area contributed by atoms with Gasteiger partial charge < -0.3 is 15.0 Å². The number of halogens is 1. The topological polar surface area (TPSA) is 36.9 Å². The SMILES string of the molecule is CCNC(=NCC(C)(C)c1cccc(Br)c1)N1CCC2(CCOC2)C1. The molecule has 0 saturated carbocycles. The highest BCUT2D eigenvalue weighted by atomic mass is 79.9. The van der Waals surface area contributed by atoms with Crippen molar-refractivity contribution in [1.82, 2.24) is 10.2 Å². The quantitative estimate of drug-likeness (QED) is 0.608. The molecule has 2 heterocycles. The van der Waals surface area contributed by atoms with Crippen LogP contribution >= 0.6 is 15.9 Å². The molecule has 138 valence electrons. The van der Waals surface area contributed by atoms with E-state index in [1.807, 2.05) is 0 Å². The summed E-state index contributed by atoms with van der Waals surface area (Å²) in [6.45, 7) is 12.3. The highest BCUT2D eigenvalue weighted by Gasteiger charge is 2.42. The summed E-state index contributed by atoms with van der Waals surface area (Å²) in [5.41, 5.74) is 1.66. The fourth-order valence-electron chi connectivity index (χ4n) is 3.79. The van der Waals surface area contributed by atoms with E-state index in [1.54, 1.807) is 0 Å². The zero-order valence-electron chi connectivity index (χ0n) is 15.6. The Morgan fingerprint density at radius 2 is 2.24 bits per heavy atom. The molecule has 0 radical (unpaired) electrons. The number of ether oxygens (including phenoxy) is 1. The fourth-order valence-corrected chi connectivity index (χ4v) is 4.19. The molecule has 1 N–H and O–H groups in total. The van der Waals surface area contributed by atoms with E-state index in [4.69, 9.17) is 9.73 Å². The van der Waals surface area contributed by atoms with E-state index in [0.717, 1.165) is 49.8 Å². The van der Waals surface area contributed by atoms with Crippen molar-refractivity contribution >= 4 is 21.9 Å². The molecule has 0 amide bonds. The molecule has 25 heavy (non-hydrogen) atoms. The number of rotatable bonds is 4. The van der Waals surface area contributed by atoms with Crippen molar-refractivity contribution in [3.05, 3.63) is 34.3 Å². The van der Waals surface area contributed by atoms with E-state index in [9.17, 15) is 0 Å². The first-order valence-corrected chi connectivity index (χ1v) is 10.1. The number of hydrogen-bond donors (Lipinski definition) is 1. The molecule has 1 unspecified atom stereocenters. The zero-order valence-corrected chi connectivity index (χ0v) is 17.2. The van der Waals surface area contributed by atoms with Crippen molar-refractivity contribution in [2.75, 3.05) is 39.4 Å². The molecule has 0 aromatic heterocycles. The van der Waals surface area contributed by atoms with Crippen LogP contribution in [0.2, 0.25) is 0 Å². The Hall–Kier alpha value is -1.07. The van der Waals surface area contributed by atoms with Gasteiger partial charge in [-0.05, 0) is 37.5 Å². The van der Waals surface area contributed by atoms with Gasteiger partial charge in [-0.1, -0.05) is 41.9 Å². The first-order valence-electron chi connectivity index (χ1n) is 9.31. The normalized spacial score (nSPS) is 24.3. The standard InChI is InChI=1S/C20H30BrN3O/c1-4-22-18(24-10-8-20(14-24)9-11-25-15-20)23-13-19(2,3)16-6-5-7-17(21)12-16/h5-7,12H,4,8-11,13-15H2,1-3H3,(H,22,23). The largest absolute Gasteiger partial charge is 0.381 e. The predicted octanol–water partition coefficient (Wildman–Crippen LogP) is 3.80. The molecule has 5 heteroatoms. The lowest BCUT2D eigenvalue weighted by Crippen LogP contribution is -2.42. The Kier molecular flexibility index (Phi) is 5.74. The van der Waals surface area contributed by atoms with Crippen LogP contribution in [-0.4, -0.2) is 50.3 Å². The molecular weight excluding hydrogens is 378 g/mol. The minimum absolute atomic E-state index is 0.00165. The maximum absolute atomic E-state index is 5.66. The van der Waals surface area contributed by atoms with E-state index in [-0.39, 0.29) is 5.41 Å². The molecule has 1 spiro atoms. The summed E-state index contributed by atoms with van der Waals surface area (Å²) in [6, 6.07) is 8.55. The van der Waals surface area contributed by atoms with Crippen molar-refractivity contribution < 1.29 is 4.74 Å². The third-order valence-electron chi connectivity index (χ3n) is 5.49. The minimum atomic E-state index is -0.00165. The highest BCUT2D eigenvalue weighted by molar-refractivity contribution is 9.10. The molecule has 2 aliphatic heterocycles. The lowest BCUT2D eigenvalue weighted by Gasteiger charge is -2.27. The van der Waals surface area contributed by atoms with Crippen LogP contribution in [-0.2, 0) is 10.2 Å². The van der Waals surface area contributed by atoms with Crippen LogP contribution < -0.4 is 5.32 Å². The number of hydrogen-bond acceptors (Lipinski definition) is 2. The molecule has 2 saturated heterocycles. The van der Waals surface area contributed by atoms with E-state index >= 15 is 0 Å². The van der Waals surface area contributed by atoms with Crippen LogP contribution in [0.25, 0.3) is 0 Å². The number of nitrogens with one attached hydrogen (secondary N) is 1. The van der Waals surface area contributed by atoms with Crippen LogP contribution in [0.3, 0.4) is 0 Å². The van der Waals surface area contributed by atoms with Crippen molar-refractivity contribution in [2.24, 2.45) is 10.4 Å². The third kappa shape index (κ3) is 4.37. The molecule has 2 fully saturated rings. The van der Waals surface area contributed by atoms with Gasteiger partial charge in [0.2, 0.25) is 0 Å². The Bertz CT molecular complexity index is 623. The van der Waals surface area contributed by atoms with Crippen LogP contribution in [0.4, 0.5) is 0 Å². The van der Waals surface area contributed by atoms with Gasteiger partial charge in [0.1, 0.15) is 0 Å². The van der Waals surface area contributed by atoms with Gasteiger partial charge >= 0.3 is 0 Å². The van der Waals surface area contributed by atoms with Crippen LogP contribution in [0.15, 0.2) is 33.7 Å².